The third-order valence-corrected chi connectivity index (χ3v) is 3.17. The molecule has 9 heteroatoms. The van der Waals surface area contributed by atoms with E-state index in [1.54, 1.807) is 6.20 Å². The second-order valence-corrected chi connectivity index (χ2v) is 4.99. The number of rotatable bonds is 1. The quantitative estimate of drug-likeness (QED) is 0.713. The van der Waals surface area contributed by atoms with E-state index in [-0.39, 0.29) is 0 Å². The van der Waals surface area contributed by atoms with Crippen molar-refractivity contribution in [3.05, 3.63) is 54.1 Å². The molecule has 2 aromatic heterocycles. The molecule has 0 bridgehead atoms. The number of benzene rings is 1. The molecular formula is C17H11F3N4O2. The molecule has 0 aliphatic rings. The molecule has 3 aromatic rings. The van der Waals surface area contributed by atoms with Gasteiger partial charge in [-0.15, -0.1) is 0 Å². The van der Waals surface area contributed by atoms with Crippen molar-refractivity contribution >= 4 is 16.9 Å². The van der Waals surface area contributed by atoms with Crippen molar-refractivity contribution in [2.75, 3.05) is 0 Å². The molecule has 0 aliphatic carbocycles. The van der Waals surface area contributed by atoms with E-state index in [2.05, 4.69) is 21.0 Å². The van der Waals surface area contributed by atoms with Gasteiger partial charge in [-0.2, -0.15) is 18.4 Å². The Morgan fingerprint density at radius 3 is 2.42 bits per heavy atom. The van der Waals surface area contributed by atoms with Crippen molar-refractivity contribution in [3.8, 4) is 17.3 Å². The van der Waals surface area contributed by atoms with Crippen molar-refractivity contribution in [2.24, 2.45) is 0 Å². The smallest absolute Gasteiger partial charge is 0.475 e. The third-order valence-electron chi connectivity index (χ3n) is 3.17. The number of nitrogens with zero attached hydrogens (tertiary/aromatic N) is 4. The molecule has 1 N–H and O–H groups in total. The van der Waals surface area contributed by atoms with Gasteiger partial charge < -0.3 is 5.11 Å². The maximum atomic E-state index is 10.6. The number of aryl methyl sites for hydroxylation is 1. The number of carbonyl (C=O) groups is 1. The van der Waals surface area contributed by atoms with Gasteiger partial charge in [0.25, 0.3) is 0 Å². The Balaban J connectivity index is 0.000000298. The van der Waals surface area contributed by atoms with E-state index >= 15 is 0 Å². The molecular weight excluding hydrogens is 349 g/mol. The molecule has 2 heterocycles. The van der Waals surface area contributed by atoms with Gasteiger partial charge in [-0.1, -0.05) is 18.2 Å². The van der Waals surface area contributed by atoms with Crippen LogP contribution < -0.4 is 0 Å². The van der Waals surface area contributed by atoms with Gasteiger partial charge in [0.15, 0.2) is 5.69 Å². The Morgan fingerprint density at radius 2 is 1.81 bits per heavy atom. The number of carboxylic acid groups (broad SMARTS) is 1. The van der Waals surface area contributed by atoms with Crippen molar-refractivity contribution in [2.45, 2.75) is 13.1 Å². The SMILES string of the molecule is Cc1ccc2c(-c3nccnc3C#N)cccc2n1.O=C(O)C(F)(F)F. The number of carboxylic acids is 1. The first-order valence-electron chi connectivity index (χ1n) is 7.12. The minimum atomic E-state index is -5.08. The van der Waals surface area contributed by atoms with Crippen LogP contribution in [0.2, 0.25) is 0 Å². The number of hydrogen-bond acceptors (Lipinski definition) is 5. The highest BCUT2D eigenvalue weighted by Crippen LogP contribution is 2.27. The van der Waals surface area contributed by atoms with Crippen molar-refractivity contribution < 1.29 is 23.1 Å². The van der Waals surface area contributed by atoms with E-state index in [0.29, 0.717) is 11.4 Å². The summed E-state index contributed by atoms with van der Waals surface area (Å²) in [6.45, 7) is 1.95. The number of fused-ring (bicyclic) bond motifs is 1. The van der Waals surface area contributed by atoms with Crippen LogP contribution in [-0.4, -0.2) is 32.2 Å². The normalized spacial score (nSPS) is 10.6. The molecule has 132 valence electrons. The molecule has 0 radical (unpaired) electrons. The van der Waals surface area contributed by atoms with Crippen LogP contribution in [0.5, 0.6) is 0 Å². The first-order chi connectivity index (χ1) is 12.2. The van der Waals surface area contributed by atoms with Crippen LogP contribution in [0, 0.1) is 18.3 Å². The average molecular weight is 360 g/mol. The van der Waals surface area contributed by atoms with Gasteiger partial charge in [0.05, 0.1) is 5.52 Å². The van der Waals surface area contributed by atoms with E-state index in [1.807, 2.05) is 37.3 Å². The highest BCUT2D eigenvalue weighted by atomic mass is 19.4. The summed E-state index contributed by atoms with van der Waals surface area (Å²) in [6.07, 6.45) is -1.97. The van der Waals surface area contributed by atoms with Gasteiger partial charge in [-0.05, 0) is 19.1 Å². The van der Waals surface area contributed by atoms with Crippen LogP contribution in [0.3, 0.4) is 0 Å². The van der Waals surface area contributed by atoms with Crippen LogP contribution in [0.15, 0.2) is 42.7 Å². The summed E-state index contributed by atoms with van der Waals surface area (Å²) < 4.78 is 31.7. The summed E-state index contributed by atoms with van der Waals surface area (Å²) in [5, 5.41) is 17.2. The lowest BCUT2D eigenvalue weighted by Crippen LogP contribution is -2.21. The lowest BCUT2D eigenvalue weighted by atomic mass is 10.0. The topological polar surface area (TPSA) is 99.8 Å². The fourth-order valence-electron chi connectivity index (χ4n) is 2.08. The van der Waals surface area contributed by atoms with Gasteiger partial charge in [-0.25, -0.2) is 9.78 Å². The second kappa shape index (κ2) is 7.57. The molecule has 0 saturated heterocycles. The highest BCUT2D eigenvalue weighted by molar-refractivity contribution is 5.94. The van der Waals surface area contributed by atoms with Gasteiger partial charge in [0.2, 0.25) is 0 Å². The predicted octanol–water partition coefficient (Wildman–Crippen LogP) is 3.51. The summed E-state index contributed by atoms with van der Waals surface area (Å²) in [5.74, 6) is -2.76. The van der Waals surface area contributed by atoms with Crippen LogP contribution in [0.4, 0.5) is 13.2 Å². The van der Waals surface area contributed by atoms with E-state index in [0.717, 1.165) is 22.2 Å². The Labute approximate surface area is 145 Å². The molecule has 3 rings (SSSR count). The van der Waals surface area contributed by atoms with Crippen LogP contribution in [0.25, 0.3) is 22.2 Å². The first-order valence-corrected chi connectivity index (χ1v) is 7.12. The number of halogens is 3. The standard InChI is InChI=1S/C15H10N4.C2HF3O2/c1-10-5-6-11-12(3-2-4-13(11)19-10)15-14(9-16)17-7-8-18-15;3-2(4,5)1(6)7/h2-8H,1H3;(H,6,7). The highest BCUT2D eigenvalue weighted by Gasteiger charge is 2.38. The molecule has 0 spiro atoms. The van der Waals surface area contributed by atoms with Gasteiger partial charge in [-0.3, -0.25) is 9.97 Å². The van der Waals surface area contributed by atoms with Gasteiger partial charge in [0.1, 0.15) is 11.8 Å². The van der Waals surface area contributed by atoms with E-state index in [4.69, 9.17) is 15.2 Å². The Hall–Kier alpha value is -3.54. The first kappa shape index (κ1) is 18.8. The molecule has 0 unspecified atom stereocenters. The maximum Gasteiger partial charge on any atom is 0.490 e. The fraction of sp³-hybridized carbons (Fsp3) is 0.118. The maximum absolute atomic E-state index is 10.6. The summed E-state index contributed by atoms with van der Waals surface area (Å²) in [7, 11) is 0. The third kappa shape index (κ3) is 4.30. The number of aliphatic carboxylic acids is 1. The Morgan fingerprint density at radius 1 is 1.15 bits per heavy atom. The minimum Gasteiger partial charge on any atom is -0.475 e. The zero-order valence-electron chi connectivity index (χ0n) is 13.3. The van der Waals surface area contributed by atoms with Gasteiger partial charge in [0, 0.05) is 29.0 Å². The number of alkyl halides is 3. The summed E-state index contributed by atoms with van der Waals surface area (Å²) in [6, 6.07) is 11.8. The Bertz CT molecular complexity index is 997. The molecule has 0 atom stereocenters. The molecule has 0 fully saturated rings. The van der Waals surface area contributed by atoms with Crippen molar-refractivity contribution in [1.82, 2.24) is 15.0 Å². The number of hydrogen-bond donors (Lipinski definition) is 1. The van der Waals surface area contributed by atoms with Crippen LogP contribution in [-0.2, 0) is 4.79 Å². The average Bonchev–Trinajstić information content (AvgIpc) is 2.60. The molecule has 6 nitrogen and oxygen atoms in total. The predicted molar refractivity (Wildman–Crippen MR) is 85.9 cm³/mol. The largest absolute Gasteiger partial charge is 0.490 e. The number of pyridine rings is 1. The summed E-state index contributed by atoms with van der Waals surface area (Å²) in [5.41, 5.74) is 3.67. The zero-order valence-corrected chi connectivity index (χ0v) is 13.3. The molecule has 0 saturated carbocycles. The van der Waals surface area contributed by atoms with E-state index in [9.17, 15) is 13.2 Å². The molecule has 26 heavy (non-hydrogen) atoms. The van der Waals surface area contributed by atoms with E-state index in [1.165, 1.54) is 6.20 Å². The minimum absolute atomic E-state index is 0.329. The van der Waals surface area contributed by atoms with Gasteiger partial charge >= 0.3 is 12.1 Å². The monoisotopic (exact) mass is 360 g/mol. The van der Waals surface area contributed by atoms with E-state index < -0.39 is 12.1 Å². The van der Waals surface area contributed by atoms with Crippen LogP contribution in [0.1, 0.15) is 11.4 Å². The zero-order chi connectivity index (χ0) is 19.3. The molecule has 1 aromatic carbocycles. The van der Waals surface area contributed by atoms with Crippen molar-refractivity contribution in [1.29, 1.82) is 5.26 Å². The second-order valence-electron chi connectivity index (χ2n) is 4.99. The van der Waals surface area contributed by atoms with Crippen LogP contribution >= 0.6 is 0 Å². The Kier molecular flexibility index (Phi) is 5.47. The summed E-state index contributed by atoms with van der Waals surface area (Å²) >= 11 is 0. The summed E-state index contributed by atoms with van der Waals surface area (Å²) in [4.78, 5) is 21.7. The lowest BCUT2D eigenvalue weighted by Gasteiger charge is -2.06. The van der Waals surface area contributed by atoms with Crippen molar-refractivity contribution in [3.63, 3.8) is 0 Å². The number of nitriles is 1. The fourth-order valence-corrected chi connectivity index (χ4v) is 2.08. The lowest BCUT2D eigenvalue weighted by molar-refractivity contribution is -0.192. The molecule has 0 aliphatic heterocycles. The number of aromatic nitrogens is 3. The molecule has 0 amide bonds.